The Hall–Kier alpha value is -0.380. The number of hydrogen-bond donors (Lipinski definition) is 0. The normalized spacial score (nSPS) is 17.8. The molecule has 0 heterocycles. The van der Waals surface area contributed by atoms with Crippen LogP contribution in [-0.4, -0.2) is 37.8 Å². The Balaban J connectivity index is 5.13. The summed E-state index contributed by atoms with van der Waals surface area (Å²) in [7, 11) is -4.92. The second kappa shape index (κ2) is 7.75. The van der Waals surface area contributed by atoms with Crippen LogP contribution in [0.2, 0.25) is 0 Å². The van der Waals surface area contributed by atoms with Crippen molar-refractivity contribution in [1.82, 2.24) is 0 Å². The van der Waals surface area contributed by atoms with Gasteiger partial charge in [0.05, 0.1) is 13.2 Å². The lowest BCUT2D eigenvalue weighted by molar-refractivity contribution is -0.313. The van der Waals surface area contributed by atoms with Gasteiger partial charge in [0.25, 0.3) is 6.36 Å². The fourth-order valence-corrected chi connectivity index (χ4v) is 2.21. The van der Waals surface area contributed by atoms with Crippen molar-refractivity contribution in [3.63, 3.8) is 0 Å². The van der Waals surface area contributed by atoms with Gasteiger partial charge in [-0.1, -0.05) is 6.92 Å². The van der Waals surface area contributed by atoms with Gasteiger partial charge in [0.1, 0.15) is 0 Å². The first-order valence-electron chi connectivity index (χ1n) is 5.70. The minimum absolute atomic E-state index is 0.195. The number of halogens is 7. The van der Waals surface area contributed by atoms with E-state index in [1.165, 1.54) is 13.8 Å². The third kappa shape index (κ3) is 5.08. The van der Waals surface area contributed by atoms with Crippen molar-refractivity contribution in [3.8, 4) is 0 Å². The SMILES string of the molecule is CCCOP(=O)(OCC)OC(F)C(F)(F)C(F)(F)C(F)F. The number of hydrogen-bond acceptors (Lipinski definition) is 4. The molecule has 128 valence electrons. The van der Waals surface area contributed by atoms with Crippen LogP contribution in [0.5, 0.6) is 0 Å². The largest absolute Gasteiger partial charge is 0.477 e. The smallest absolute Gasteiger partial charge is 0.287 e. The van der Waals surface area contributed by atoms with Crippen molar-refractivity contribution in [2.75, 3.05) is 13.2 Å². The van der Waals surface area contributed by atoms with E-state index < -0.39 is 39.1 Å². The van der Waals surface area contributed by atoms with Crippen LogP contribution < -0.4 is 0 Å². The van der Waals surface area contributed by atoms with Gasteiger partial charge in [0, 0.05) is 0 Å². The lowest BCUT2D eigenvalue weighted by Gasteiger charge is -2.29. The van der Waals surface area contributed by atoms with Crippen molar-refractivity contribution in [1.29, 1.82) is 0 Å². The highest BCUT2D eigenvalue weighted by atomic mass is 31.2. The summed E-state index contributed by atoms with van der Waals surface area (Å²) in [5.41, 5.74) is 0. The third-order valence-electron chi connectivity index (χ3n) is 1.97. The molecule has 0 fully saturated rings. The summed E-state index contributed by atoms with van der Waals surface area (Å²) < 4.78 is 112. The van der Waals surface area contributed by atoms with Crippen LogP contribution in [0.3, 0.4) is 0 Å². The Labute approximate surface area is 116 Å². The van der Waals surface area contributed by atoms with Crippen LogP contribution in [-0.2, 0) is 18.1 Å². The predicted molar refractivity (Wildman–Crippen MR) is 57.4 cm³/mol. The maximum absolute atomic E-state index is 13.2. The van der Waals surface area contributed by atoms with Crippen molar-refractivity contribution in [2.45, 2.75) is 44.9 Å². The lowest BCUT2D eigenvalue weighted by Crippen LogP contribution is -2.53. The van der Waals surface area contributed by atoms with E-state index in [9.17, 15) is 35.3 Å². The number of alkyl halides is 7. The lowest BCUT2D eigenvalue weighted by atomic mass is 10.2. The molecule has 0 amide bonds. The number of phosphoric acid groups is 1. The highest BCUT2D eigenvalue weighted by Gasteiger charge is 2.69. The van der Waals surface area contributed by atoms with Crippen LogP contribution in [0.15, 0.2) is 0 Å². The molecular weight excluding hydrogens is 336 g/mol. The minimum atomic E-state index is -6.02. The molecule has 0 saturated carbocycles. The standard InChI is InChI=1S/C9H14F7O4P/c1-3-5-19-21(17,18-4-2)20-7(12)9(15,16)8(13,14)6(10)11/h6-7H,3-5H2,1-2H3. The molecule has 0 aromatic heterocycles. The molecule has 4 nitrogen and oxygen atoms in total. The van der Waals surface area contributed by atoms with Gasteiger partial charge in [-0.2, -0.15) is 17.6 Å². The summed E-state index contributed by atoms with van der Waals surface area (Å²) >= 11 is 0. The van der Waals surface area contributed by atoms with E-state index in [2.05, 4.69) is 13.6 Å². The molecule has 21 heavy (non-hydrogen) atoms. The van der Waals surface area contributed by atoms with Gasteiger partial charge in [-0.15, -0.1) is 0 Å². The molecule has 0 saturated heterocycles. The molecule has 0 aliphatic rings. The zero-order valence-corrected chi connectivity index (χ0v) is 11.9. The average Bonchev–Trinajstić information content (AvgIpc) is 2.36. The van der Waals surface area contributed by atoms with Crippen molar-refractivity contribution < 1.29 is 48.9 Å². The summed E-state index contributed by atoms with van der Waals surface area (Å²) in [5, 5.41) is 0. The highest BCUT2D eigenvalue weighted by Crippen LogP contribution is 2.54. The van der Waals surface area contributed by atoms with Crippen LogP contribution >= 0.6 is 7.82 Å². The summed E-state index contributed by atoms with van der Waals surface area (Å²) in [6.07, 6.45) is -8.96. The van der Waals surface area contributed by atoms with E-state index >= 15 is 0 Å². The van der Waals surface area contributed by atoms with E-state index in [0.717, 1.165) is 0 Å². The van der Waals surface area contributed by atoms with Crippen LogP contribution in [0.1, 0.15) is 20.3 Å². The quantitative estimate of drug-likeness (QED) is 0.433. The first-order chi connectivity index (χ1) is 9.44. The molecule has 0 rings (SSSR count). The molecule has 0 bridgehead atoms. The van der Waals surface area contributed by atoms with Crippen molar-refractivity contribution >= 4 is 7.82 Å². The van der Waals surface area contributed by atoms with Gasteiger partial charge in [-0.05, 0) is 13.3 Å². The topological polar surface area (TPSA) is 44.8 Å². The summed E-state index contributed by atoms with van der Waals surface area (Å²) in [4.78, 5) is 0. The maximum atomic E-state index is 13.2. The van der Waals surface area contributed by atoms with E-state index in [1.807, 2.05) is 0 Å². The molecular formula is C9H14F7O4P. The van der Waals surface area contributed by atoms with E-state index in [4.69, 9.17) is 0 Å². The van der Waals surface area contributed by atoms with E-state index in [-0.39, 0.29) is 13.0 Å². The first kappa shape index (κ1) is 20.6. The van der Waals surface area contributed by atoms with Crippen LogP contribution in [0.25, 0.3) is 0 Å². The fraction of sp³-hybridized carbons (Fsp3) is 1.00. The summed E-state index contributed by atoms with van der Waals surface area (Å²) in [5.74, 6) is -11.9. The molecule has 2 unspecified atom stereocenters. The third-order valence-corrected chi connectivity index (χ3v) is 3.48. The van der Waals surface area contributed by atoms with Crippen LogP contribution in [0.4, 0.5) is 30.7 Å². The molecule has 0 aliphatic heterocycles. The molecule has 12 heteroatoms. The van der Waals surface area contributed by atoms with Gasteiger partial charge in [0.2, 0.25) is 0 Å². The maximum Gasteiger partial charge on any atom is 0.477 e. The van der Waals surface area contributed by atoms with Gasteiger partial charge in [0.15, 0.2) is 0 Å². The Bertz CT molecular complexity index is 366. The molecule has 0 aliphatic carbocycles. The molecule has 0 radical (unpaired) electrons. The average molecular weight is 350 g/mol. The molecule has 0 aromatic rings. The zero-order valence-electron chi connectivity index (χ0n) is 11.0. The van der Waals surface area contributed by atoms with Gasteiger partial charge >= 0.3 is 26.1 Å². The second-order valence-electron chi connectivity index (χ2n) is 3.67. The number of rotatable bonds is 10. The van der Waals surface area contributed by atoms with Gasteiger partial charge < -0.3 is 0 Å². The van der Waals surface area contributed by atoms with E-state index in [1.54, 1.807) is 0 Å². The Morgan fingerprint density at radius 3 is 1.90 bits per heavy atom. The fourth-order valence-electron chi connectivity index (χ4n) is 0.936. The molecule has 2 atom stereocenters. The van der Waals surface area contributed by atoms with Gasteiger partial charge in [-0.3, -0.25) is 9.05 Å². The second-order valence-corrected chi connectivity index (χ2v) is 5.29. The Morgan fingerprint density at radius 1 is 1.00 bits per heavy atom. The van der Waals surface area contributed by atoms with Gasteiger partial charge in [-0.25, -0.2) is 22.3 Å². The molecule has 0 aromatic carbocycles. The molecule has 0 spiro atoms. The summed E-state index contributed by atoms with van der Waals surface area (Å²) in [6, 6.07) is 0. The number of phosphoric ester groups is 1. The Morgan fingerprint density at radius 2 is 1.52 bits per heavy atom. The Kier molecular flexibility index (Phi) is 7.61. The van der Waals surface area contributed by atoms with E-state index in [0.29, 0.717) is 0 Å². The minimum Gasteiger partial charge on any atom is -0.287 e. The summed E-state index contributed by atoms with van der Waals surface area (Å²) in [6.45, 7) is 1.90. The van der Waals surface area contributed by atoms with Crippen molar-refractivity contribution in [2.24, 2.45) is 0 Å². The first-order valence-corrected chi connectivity index (χ1v) is 7.16. The monoisotopic (exact) mass is 350 g/mol. The zero-order chi connectivity index (χ0) is 16.9. The predicted octanol–water partition coefficient (Wildman–Crippen LogP) is 4.41. The molecule has 0 N–H and O–H groups in total. The highest BCUT2D eigenvalue weighted by molar-refractivity contribution is 7.48. The van der Waals surface area contributed by atoms with Crippen molar-refractivity contribution in [3.05, 3.63) is 0 Å². The van der Waals surface area contributed by atoms with Crippen LogP contribution in [0, 0.1) is 0 Å².